The molecule has 0 aliphatic heterocycles. The first kappa shape index (κ1) is 9.88. The molecule has 0 aliphatic rings. The second-order valence-electron chi connectivity index (χ2n) is 0.513. The van der Waals surface area contributed by atoms with Crippen molar-refractivity contribution < 1.29 is 32.5 Å². The van der Waals surface area contributed by atoms with Gasteiger partial charge < -0.3 is 0 Å². The summed E-state index contributed by atoms with van der Waals surface area (Å²) < 4.78 is 30.7. The van der Waals surface area contributed by atoms with Gasteiger partial charge in [-0.05, 0) is 0 Å². The zero-order valence-corrected chi connectivity index (χ0v) is 5.38. The Morgan fingerprint density at radius 3 is 1.17 bits per heavy atom. The van der Waals surface area contributed by atoms with Crippen LogP contribution < -0.4 is 0 Å². The van der Waals surface area contributed by atoms with E-state index in [0.717, 1.165) is 0 Å². The van der Waals surface area contributed by atoms with Crippen molar-refractivity contribution in [1.82, 2.24) is 0 Å². The molecule has 0 fully saturated rings. The van der Waals surface area contributed by atoms with Crippen molar-refractivity contribution in [2.24, 2.45) is 0 Å². The summed E-state index contributed by atoms with van der Waals surface area (Å²) in [5.74, 6) is 0. The molecule has 0 saturated heterocycles. The first-order valence-electron chi connectivity index (χ1n) is 0.783. The van der Waals surface area contributed by atoms with Crippen LogP contribution in [0, 0.1) is 0 Å². The van der Waals surface area contributed by atoms with E-state index in [0.29, 0.717) is 0 Å². The molecule has 0 bridgehead atoms. The number of hydrogen-bond acceptors (Lipinski definition) is 1. The van der Waals surface area contributed by atoms with Crippen LogP contribution in [0.5, 0.6) is 0 Å². The molecular formula is H3AsNiO4. The van der Waals surface area contributed by atoms with Crippen molar-refractivity contribution in [3.8, 4) is 0 Å². The van der Waals surface area contributed by atoms with Gasteiger partial charge in [0.1, 0.15) is 0 Å². The summed E-state index contributed by atoms with van der Waals surface area (Å²) in [4.78, 5) is 0. The largest absolute Gasteiger partial charge is 0 e. The van der Waals surface area contributed by atoms with E-state index in [9.17, 15) is 0 Å². The number of rotatable bonds is 0. The summed E-state index contributed by atoms with van der Waals surface area (Å²) >= 11 is -5.12. The van der Waals surface area contributed by atoms with Gasteiger partial charge in [0, 0.05) is 16.5 Å². The Bertz CT molecular complexity index is 53.7. The average molecular weight is 201 g/mol. The molecule has 0 amide bonds. The van der Waals surface area contributed by atoms with Crippen molar-refractivity contribution in [3.63, 3.8) is 0 Å². The molecule has 4 nitrogen and oxygen atoms in total. The minimum absolute atomic E-state index is 0. The summed E-state index contributed by atoms with van der Waals surface area (Å²) in [6, 6.07) is 0. The molecule has 6 heteroatoms. The molecule has 0 atom stereocenters. The molecule has 0 rings (SSSR count). The first-order chi connectivity index (χ1) is 2.00. The molecule has 0 radical (unpaired) electrons. The van der Waals surface area contributed by atoms with Gasteiger partial charge >= 0.3 is 30.5 Å². The third-order valence-corrected chi connectivity index (χ3v) is 0. The maximum Gasteiger partial charge on any atom is 0 e. The summed E-state index contributed by atoms with van der Waals surface area (Å²) in [6.07, 6.45) is 0. The molecule has 0 aromatic heterocycles. The summed E-state index contributed by atoms with van der Waals surface area (Å²) in [5, 5.41) is 0. The van der Waals surface area contributed by atoms with Crippen LogP contribution >= 0.6 is 0 Å². The minimum Gasteiger partial charge on any atom is 0 e. The quantitative estimate of drug-likeness (QED) is 0.389. The fourth-order valence-electron chi connectivity index (χ4n) is 0. The standard InChI is InChI=1S/AsH3O4.Ni/c2-1(3,4)5;/h(H3,2,3,4,5);. The molecule has 6 heavy (non-hydrogen) atoms. The van der Waals surface area contributed by atoms with E-state index in [1.807, 2.05) is 0 Å². The van der Waals surface area contributed by atoms with Crippen molar-refractivity contribution in [1.29, 1.82) is 0 Å². The van der Waals surface area contributed by atoms with Gasteiger partial charge in [-0.25, -0.2) is 0 Å². The molecule has 3 N–H and O–H groups in total. The molecule has 0 aromatic rings. The molecular weight excluding hydrogens is 198 g/mol. The average Bonchev–Trinajstić information content (AvgIpc) is 0.722. The van der Waals surface area contributed by atoms with Gasteiger partial charge in [0.25, 0.3) is 0 Å². The summed E-state index contributed by atoms with van der Waals surface area (Å²) in [6.45, 7) is 0. The van der Waals surface area contributed by atoms with E-state index in [-0.39, 0.29) is 16.5 Å². The zero-order chi connectivity index (χ0) is 4.50. The van der Waals surface area contributed by atoms with Gasteiger partial charge in [-0.15, -0.1) is 0 Å². The van der Waals surface area contributed by atoms with Crippen molar-refractivity contribution in [2.45, 2.75) is 0 Å². The molecule has 0 aliphatic carbocycles. The topological polar surface area (TPSA) is 77.8 Å². The fraction of sp³-hybridized carbons (Fsp3) is 0. The second kappa shape index (κ2) is 2.83. The third kappa shape index (κ3) is 123. The van der Waals surface area contributed by atoms with Crippen LogP contribution in [0.2, 0.25) is 0 Å². The van der Waals surface area contributed by atoms with Gasteiger partial charge in [-0.3, -0.25) is 0 Å². The van der Waals surface area contributed by atoms with Crippen molar-refractivity contribution >= 4 is 14.5 Å². The van der Waals surface area contributed by atoms with Crippen LogP contribution in [0.3, 0.4) is 0 Å². The summed E-state index contributed by atoms with van der Waals surface area (Å²) in [7, 11) is 0. The van der Waals surface area contributed by atoms with Crippen LogP contribution in [0.4, 0.5) is 0 Å². The van der Waals surface area contributed by atoms with E-state index < -0.39 is 14.5 Å². The normalized spacial score (nSPS) is 9.83. The Balaban J connectivity index is 0. The molecule has 0 spiro atoms. The van der Waals surface area contributed by atoms with Crippen LogP contribution in [0.15, 0.2) is 0 Å². The van der Waals surface area contributed by atoms with Crippen LogP contribution in [-0.4, -0.2) is 26.8 Å². The zero-order valence-electron chi connectivity index (χ0n) is 2.51. The Kier molecular flexibility index (Phi) is 4.66. The van der Waals surface area contributed by atoms with E-state index in [4.69, 9.17) is 16.0 Å². The third-order valence-electron chi connectivity index (χ3n) is 0. The summed E-state index contributed by atoms with van der Waals surface area (Å²) in [5.41, 5.74) is 0. The Morgan fingerprint density at radius 1 is 1.17 bits per heavy atom. The maximum absolute atomic E-state index is 8.94. The maximum atomic E-state index is 8.94. The van der Waals surface area contributed by atoms with Gasteiger partial charge in [0.05, 0.1) is 0 Å². The van der Waals surface area contributed by atoms with Gasteiger partial charge in [-0.1, -0.05) is 0 Å². The Morgan fingerprint density at radius 2 is 1.17 bits per heavy atom. The van der Waals surface area contributed by atoms with Gasteiger partial charge in [0.15, 0.2) is 0 Å². The minimum atomic E-state index is -5.12. The first-order valence-corrected chi connectivity index (χ1v) is 4.07. The second-order valence-corrected chi connectivity index (χ2v) is 2.67. The predicted molar refractivity (Wildman–Crippen MR) is 13.1 cm³/mol. The SMILES string of the molecule is O=[As](O)(O)O.[Ni]. The predicted octanol–water partition coefficient (Wildman–Crippen LogP) is -2.17. The Labute approximate surface area is 47.5 Å². The van der Waals surface area contributed by atoms with E-state index in [1.165, 1.54) is 0 Å². The van der Waals surface area contributed by atoms with Gasteiger partial charge in [-0.2, -0.15) is 0 Å². The Hall–Kier alpha value is 0.732. The fourth-order valence-corrected chi connectivity index (χ4v) is 0. The number of hydrogen-bond donors (Lipinski definition) is 3. The van der Waals surface area contributed by atoms with E-state index in [2.05, 4.69) is 0 Å². The van der Waals surface area contributed by atoms with Crippen LogP contribution in [-0.2, 0) is 20.2 Å². The molecule has 42 valence electrons. The molecule has 0 heterocycles. The van der Waals surface area contributed by atoms with Crippen LogP contribution in [0.1, 0.15) is 0 Å². The smallest absolute Gasteiger partial charge is 0 e. The van der Waals surface area contributed by atoms with Crippen molar-refractivity contribution in [3.05, 3.63) is 0 Å². The monoisotopic (exact) mass is 200 g/mol. The van der Waals surface area contributed by atoms with Crippen LogP contribution in [0.25, 0.3) is 0 Å². The van der Waals surface area contributed by atoms with E-state index >= 15 is 0 Å². The van der Waals surface area contributed by atoms with E-state index in [1.54, 1.807) is 0 Å². The molecule has 0 unspecified atom stereocenters. The van der Waals surface area contributed by atoms with Gasteiger partial charge in [0.2, 0.25) is 0 Å². The molecule has 0 aromatic carbocycles. The van der Waals surface area contributed by atoms with Crippen molar-refractivity contribution in [2.75, 3.05) is 0 Å². The molecule has 0 saturated carbocycles.